The van der Waals surface area contributed by atoms with E-state index in [2.05, 4.69) is 17.2 Å². The van der Waals surface area contributed by atoms with Gasteiger partial charge in [0.05, 0.1) is 25.2 Å². The molecule has 4 rings (SSSR count). The highest BCUT2D eigenvalue weighted by Crippen LogP contribution is 2.34. The predicted molar refractivity (Wildman–Crippen MR) is 132 cm³/mol. The Bertz CT molecular complexity index is 1210. The van der Waals surface area contributed by atoms with Crippen LogP contribution < -0.4 is 15.0 Å². The molecular formula is C27H29F4N4O2+. The number of piperazine rings is 1. The number of likely N-dealkylation sites (N-methyl/N-ethyl adjacent to an activating group) is 1. The molecule has 0 unspecified atom stereocenters. The summed E-state index contributed by atoms with van der Waals surface area (Å²) in [4.78, 5) is 19.8. The van der Waals surface area contributed by atoms with Crippen molar-refractivity contribution < 1.29 is 32.0 Å². The van der Waals surface area contributed by atoms with Gasteiger partial charge in [0, 0.05) is 54.9 Å². The van der Waals surface area contributed by atoms with Crippen molar-refractivity contribution >= 4 is 11.6 Å². The van der Waals surface area contributed by atoms with E-state index in [-0.39, 0.29) is 23.5 Å². The average Bonchev–Trinajstić information content (AvgIpc) is 2.89. The summed E-state index contributed by atoms with van der Waals surface area (Å²) < 4.78 is 61.2. The first-order valence-corrected chi connectivity index (χ1v) is 12.1. The van der Waals surface area contributed by atoms with E-state index in [9.17, 15) is 22.4 Å². The maximum atomic E-state index is 14.5. The second kappa shape index (κ2) is 11.7. The van der Waals surface area contributed by atoms with E-state index >= 15 is 0 Å². The van der Waals surface area contributed by atoms with Gasteiger partial charge in [0.2, 0.25) is 0 Å². The lowest BCUT2D eigenvalue weighted by Crippen LogP contribution is -3.14. The van der Waals surface area contributed by atoms with Gasteiger partial charge in [0.15, 0.2) is 6.61 Å². The summed E-state index contributed by atoms with van der Waals surface area (Å²) in [7, 11) is 0. The van der Waals surface area contributed by atoms with Gasteiger partial charge in [-0.1, -0.05) is 12.1 Å². The number of amides is 1. The van der Waals surface area contributed by atoms with Gasteiger partial charge in [-0.15, -0.1) is 0 Å². The van der Waals surface area contributed by atoms with Crippen LogP contribution >= 0.6 is 0 Å². The first-order chi connectivity index (χ1) is 17.7. The minimum atomic E-state index is -4.56. The zero-order valence-electron chi connectivity index (χ0n) is 20.4. The average molecular weight is 518 g/mol. The number of rotatable bonds is 8. The number of anilines is 1. The van der Waals surface area contributed by atoms with Crippen molar-refractivity contribution in [2.75, 3.05) is 44.6 Å². The highest BCUT2D eigenvalue weighted by atomic mass is 19.4. The Morgan fingerprint density at radius 3 is 2.57 bits per heavy atom. The lowest BCUT2D eigenvalue weighted by Gasteiger charge is -2.32. The van der Waals surface area contributed by atoms with Crippen LogP contribution in [0.15, 0.2) is 60.9 Å². The molecule has 1 aliphatic rings. The van der Waals surface area contributed by atoms with Crippen LogP contribution in [0.1, 0.15) is 18.1 Å². The van der Waals surface area contributed by atoms with Crippen LogP contribution in [0, 0.1) is 5.82 Å². The molecular weight excluding hydrogens is 488 g/mol. The van der Waals surface area contributed by atoms with Gasteiger partial charge < -0.3 is 15.0 Å². The maximum absolute atomic E-state index is 14.5. The van der Waals surface area contributed by atoms with E-state index in [1.807, 2.05) is 4.90 Å². The van der Waals surface area contributed by atoms with Crippen molar-refractivity contribution in [3.05, 3.63) is 77.9 Å². The molecule has 1 saturated heterocycles. The van der Waals surface area contributed by atoms with Gasteiger partial charge in [-0.05, 0) is 42.8 Å². The van der Waals surface area contributed by atoms with Crippen LogP contribution in [0.2, 0.25) is 0 Å². The van der Waals surface area contributed by atoms with Crippen LogP contribution in [0.25, 0.3) is 11.1 Å². The number of nitrogens with one attached hydrogen (secondary N) is 2. The van der Waals surface area contributed by atoms with E-state index in [0.717, 1.165) is 44.9 Å². The molecule has 6 nitrogen and oxygen atoms in total. The van der Waals surface area contributed by atoms with E-state index < -0.39 is 30.1 Å². The number of hydrogen-bond donors (Lipinski definition) is 2. The molecule has 0 saturated carbocycles. The van der Waals surface area contributed by atoms with E-state index in [0.29, 0.717) is 11.1 Å². The summed E-state index contributed by atoms with van der Waals surface area (Å²) in [5.41, 5.74) is 0.342. The minimum absolute atomic E-state index is 0.0167. The summed E-state index contributed by atoms with van der Waals surface area (Å²) in [5, 5.41) is 2.44. The van der Waals surface area contributed by atoms with Gasteiger partial charge in [0.1, 0.15) is 11.6 Å². The van der Waals surface area contributed by atoms with Crippen molar-refractivity contribution in [1.29, 1.82) is 0 Å². The van der Waals surface area contributed by atoms with Crippen molar-refractivity contribution in [3.8, 4) is 16.9 Å². The number of pyridine rings is 1. The van der Waals surface area contributed by atoms with Crippen molar-refractivity contribution in [3.63, 3.8) is 0 Å². The summed E-state index contributed by atoms with van der Waals surface area (Å²) in [6.45, 7) is 6.10. The topological polar surface area (TPSA) is 58.9 Å². The highest BCUT2D eigenvalue weighted by Gasteiger charge is 2.34. The third-order valence-corrected chi connectivity index (χ3v) is 6.44. The van der Waals surface area contributed by atoms with Gasteiger partial charge in [-0.3, -0.25) is 14.7 Å². The Kier molecular flexibility index (Phi) is 8.40. The molecule has 196 valence electrons. The summed E-state index contributed by atoms with van der Waals surface area (Å²) in [6, 6.07) is 11.4. The molecule has 1 aromatic heterocycles. The van der Waals surface area contributed by atoms with Gasteiger partial charge in [-0.25, -0.2) is 4.39 Å². The van der Waals surface area contributed by atoms with Crippen LogP contribution in [0.3, 0.4) is 0 Å². The molecule has 1 amide bonds. The zero-order chi connectivity index (χ0) is 26.4. The Morgan fingerprint density at radius 1 is 1.14 bits per heavy atom. The number of benzene rings is 2. The number of ether oxygens (including phenoxy) is 1. The minimum Gasteiger partial charge on any atom is -0.484 e. The summed E-state index contributed by atoms with van der Waals surface area (Å²) >= 11 is 0. The molecule has 0 radical (unpaired) electrons. The first kappa shape index (κ1) is 26.6. The molecule has 0 spiro atoms. The Morgan fingerprint density at radius 2 is 1.92 bits per heavy atom. The third-order valence-electron chi connectivity index (χ3n) is 6.44. The molecule has 2 aromatic carbocycles. The van der Waals surface area contributed by atoms with Gasteiger partial charge >= 0.3 is 6.18 Å². The molecule has 37 heavy (non-hydrogen) atoms. The standard InChI is InChI=1S/C27H28F4N4O2/c1-2-34-10-12-35(13-11-34)17-20-5-6-21(14-24(20)27(29,30)31)33-26(36)18-37-22-7-8-23(25(28)15-22)19-4-3-9-32-16-19/h3-9,14-16H,2,10-13,17-18H2,1H3,(H,33,36)/p+1. The monoisotopic (exact) mass is 517 g/mol. The number of carbonyl (C=O) groups is 1. The fourth-order valence-electron chi connectivity index (χ4n) is 4.37. The number of aromatic nitrogens is 1. The normalized spacial score (nSPS) is 14.9. The lowest BCUT2D eigenvalue weighted by atomic mass is 10.0. The number of nitrogens with zero attached hydrogens (tertiary/aromatic N) is 2. The molecule has 0 bridgehead atoms. The SMILES string of the molecule is CC[NH+]1CCN(Cc2ccc(NC(=O)COc3ccc(-c4cccnc4)c(F)c3)cc2C(F)(F)F)CC1. The first-order valence-electron chi connectivity index (χ1n) is 12.1. The lowest BCUT2D eigenvalue weighted by molar-refractivity contribution is -0.902. The van der Waals surface area contributed by atoms with Crippen molar-refractivity contribution in [2.24, 2.45) is 0 Å². The molecule has 0 aliphatic carbocycles. The Balaban J connectivity index is 1.37. The smallest absolute Gasteiger partial charge is 0.416 e. The highest BCUT2D eigenvalue weighted by molar-refractivity contribution is 5.92. The van der Waals surface area contributed by atoms with Crippen LogP contribution in [-0.2, 0) is 17.5 Å². The number of hydrogen-bond acceptors (Lipinski definition) is 4. The van der Waals surface area contributed by atoms with Gasteiger partial charge in [-0.2, -0.15) is 13.2 Å². The largest absolute Gasteiger partial charge is 0.484 e. The Labute approximate surface area is 212 Å². The predicted octanol–water partition coefficient (Wildman–Crippen LogP) is 3.64. The van der Waals surface area contributed by atoms with Crippen LogP contribution in [0.5, 0.6) is 5.75 Å². The quantitative estimate of drug-likeness (QED) is 0.448. The van der Waals surface area contributed by atoms with Crippen LogP contribution in [-0.4, -0.2) is 55.1 Å². The Hall–Kier alpha value is -3.50. The van der Waals surface area contributed by atoms with Gasteiger partial charge in [0.25, 0.3) is 5.91 Å². The van der Waals surface area contributed by atoms with E-state index in [1.165, 1.54) is 35.4 Å². The molecule has 2 N–H and O–H groups in total. The number of quaternary nitrogens is 1. The molecule has 1 aliphatic heterocycles. The van der Waals surface area contributed by atoms with E-state index in [4.69, 9.17) is 4.74 Å². The third kappa shape index (κ3) is 7.05. The van der Waals surface area contributed by atoms with Crippen molar-refractivity contribution in [1.82, 2.24) is 9.88 Å². The summed E-state index contributed by atoms with van der Waals surface area (Å²) in [5.74, 6) is -1.08. The second-order valence-corrected chi connectivity index (χ2v) is 8.97. The fourth-order valence-corrected chi connectivity index (χ4v) is 4.37. The van der Waals surface area contributed by atoms with E-state index in [1.54, 1.807) is 18.3 Å². The molecule has 10 heteroatoms. The molecule has 0 atom stereocenters. The van der Waals surface area contributed by atoms with Crippen molar-refractivity contribution in [2.45, 2.75) is 19.6 Å². The molecule has 3 aromatic rings. The number of carbonyl (C=O) groups excluding carboxylic acids is 1. The maximum Gasteiger partial charge on any atom is 0.416 e. The molecule has 2 heterocycles. The molecule has 1 fully saturated rings. The summed E-state index contributed by atoms with van der Waals surface area (Å²) in [6.07, 6.45) is -1.45. The fraction of sp³-hybridized carbons (Fsp3) is 0.333. The zero-order valence-corrected chi connectivity index (χ0v) is 20.4. The second-order valence-electron chi connectivity index (χ2n) is 8.97. The number of alkyl halides is 3. The van der Waals surface area contributed by atoms with Crippen LogP contribution in [0.4, 0.5) is 23.2 Å². The number of halogens is 4.